The van der Waals surface area contributed by atoms with Crippen molar-refractivity contribution in [3.8, 4) is 0 Å². The quantitative estimate of drug-likeness (QED) is 0.814. The smallest absolute Gasteiger partial charge is 0.339 e. The Morgan fingerprint density at radius 3 is 2.35 bits per heavy atom. The van der Waals surface area contributed by atoms with Gasteiger partial charge in [-0.3, -0.25) is 4.79 Å². The van der Waals surface area contributed by atoms with Crippen LogP contribution in [0.2, 0.25) is 0 Å². The van der Waals surface area contributed by atoms with Gasteiger partial charge in [-0.2, -0.15) is 13.2 Å². The first kappa shape index (κ1) is 14.3. The molecule has 1 rings (SSSR count). The van der Waals surface area contributed by atoms with Crippen LogP contribution in [0.4, 0.5) is 13.2 Å². The molecule has 0 saturated heterocycles. The summed E-state index contributed by atoms with van der Waals surface area (Å²) in [5.74, 6) is -0.808. The Bertz CT molecular complexity index is 250. The first-order chi connectivity index (χ1) is 7.94. The zero-order valence-electron chi connectivity index (χ0n) is 9.80. The number of nitrogens with two attached hydrogens (primary N) is 1. The molecule has 2 N–H and O–H groups in total. The normalized spacial score (nSPS) is 17.4. The van der Waals surface area contributed by atoms with Crippen LogP contribution < -0.4 is 5.73 Å². The van der Waals surface area contributed by atoms with E-state index in [0.717, 1.165) is 25.7 Å². The Morgan fingerprint density at radius 1 is 1.29 bits per heavy atom. The Labute approximate surface area is 99.1 Å². The van der Waals surface area contributed by atoms with Crippen LogP contribution in [-0.2, 0) is 4.79 Å². The van der Waals surface area contributed by atoms with Crippen molar-refractivity contribution in [2.75, 3.05) is 13.1 Å². The van der Waals surface area contributed by atoms with Crippen LogP contribution in [0.25, 0.3) is 0 Å². The van der Waals surface area contributed by atoms with E-state index in [9.17, 15) is 18.0 Å². The molecule has 0 aromatic carbocycles. The number of carbonyl (C=O) groups is 1. The monoisotopic (exact) mass is 252 g/mol. The lowest BCUT2D eigenvalue weighted by molar-refractivity contribution is -0.163. The van der Waals surface area contributed by atoms with Crippen LogP contribution in [0.15, 0.2) is 0 Å². The molecule has 0 radical (unpaired) electrons. The molecule has 1 aliphatic carbocycles. The predicted molar refractivity (Wildman–Crippen MR) is 58.3 cm³/mol. The van der Waals surface area contributed by atoms with Crippen molar-refractivity contribution < 1.29 is 18.0 Å². The van der Waals surface area contributed by atoms with E-state index in [-0.39, 0.29) is 6.04 Å². The summed E-state index contributed by atoms with van der Waals surface area (Å²) in [6.45, 7) is 0.735. The molecule has 0 unspecified atom stereocenters. The van der Waals surface area contributed by atoms with Crippen molar-refractivity contribution in [3.05, 3.63) is 0 Å². The second-order valence-electron chi connectivity index (χ2n) is 4.46. The highest BCUT2D eigenvalue weighted by Gasteiger charge is 2.35. The van der Waals surface area contributed by atoms with Crippen molar-refractivity contribution in [2.24, 2.45) is 5.73 Å². The number of nitrogens with zero attached hydrogens (tertiary/aromatic N) is 1. The molecule has 17 heavy (non-hydrogen) atoms. The van der Waals surface area contributed by atoms with Gasteiger partial charge in [-0.15, -0.1) is 0 Å². The molecule has 1 saturated carbocycles. The number of halogens is 3. The summed E-state index contributed by atoms with van der Waals surface area (Å²) < 4.78 is 36.6. The summed E-state index contributed by atoms with van der Waals surface area (Å²) in [6.07, 6.45) is -1.61. The van der Waals surface area contributed by atoms with Gasteiger partial charge < -0.3 is 10.6 Å². The van der Waals surface area contributed by atoms with Gasteiger partial charge in [-0.25, -0.2) is 0 Å². The molecule has 0 spiro atoms. The summed E-state index contributed by atoms with van der Waals surface area (Å²) in [5, 5.41) is 0. The van der Waals surface area contributed by atoms with Crippen LogP contribution in [0.5, 0.6) is 0 Å². The third kappa shape index (κ3) is 4.93. The second kappa shape index (κ2) is 6.23. The van der Waals surface area contributed by atoms with Crippen LogP contribution in [0.1, 0.15) is 38.5 Å². The topological polar surface area (TPSA) is 46.3 Å². The first-order valence-corrected chi connectivity index (χ1v) is 6.00. The average molecular weight is 252 g/mol. The zero-order valence-corrected chi connectivity index (χ0v) is 9.80. The van der Waals surface area contributed by atoms with Gasteiger partial charge in [-0.1, -0.05) is 12.8 Å². The van der Waals surface area contributed by atoms with E-state index in [1.807, 2.05) is 0 Å². The van der Waals surface area contributed by atoms with Crippen LogP contribution in [-0.4, -0.2) is 36.1 Å². The lowest BCUT2D eigenvalue weighted by atomic mass is 10.2. The SMILES string of the molecule is NCCCN(C(=O)CC(F)(F)F)C1CCCC1. The number of rotatable bonds is 5. The Morgan fingerprint density at radius 2 is 1.88 bits per heavy atom. The highest BCUT2D eigenvalue weighted by molar-refractivity contribution is 5.77. The van der Waals surface area contributed by atoms with E-state index in [2.05, 4.69) is 0 Å². The molecule has 100 valence electrons. The largest absolute Gasteiger partial charge is 0.397 e. The molecule has 0 aromatic heterocycles. The van der Waals surface area contributed by atoms with Gasteiger partial charge >= 0.3 is 6.18 Å². The molecular weight excluding hydrogens is 233 g/mol. The minimum Gasteiger partial charge on any atom is -0.339 e. The van der Waals surface area contributed by atoms with Crippen molar-refractivity contribution in [1.82, 2.24) is 4.90 Å². The number of alkyl halides is 3. The highest BCUT2D eigenvalue weighted by Crippen LogP contribution is 2.27. The lowest BCUT2D eigenvalue weighted by Crippen LogP contribution is -2.41. The van der Waals surface area contributed by atoms with E-state index in [0.29, 0.717) is 19.5 Å². The number of hydrogen-bond donors (Lipinski definition) is 1. The van der Waals surface area contributed by atoms with E-state index in [1.54, 1.807) is 0 Å². The van der Waals surface area contributed by atoms with E-state index in [1.165, 1.54) is 4.90 Å². The molecule has 0 aliphatic heterocycles. The van der Waals surface area contributed by atoms with Gasteiger partial charge in [0.2, 0.25) is 5.91 Å². The maximum absolute atomic E-state index is 12.2. The molecule has 1 fully saturated rings. The van der Waals surface area contributed by atoms with Gasteiger partial charge in [0, 0.05) is 12.6 Å². The fourth-order valence-corrected chi connectivity index (χ4v) is 2.26. The predicted octanol–water partition coefficient (Wildman–Crippen LogP) is 2.06. The van der Waals surface area contributed by atoms with Crippen LogP contribution >= 0.6 is 0 Å². The molecule has 0 heterocycles. The van der Waals surface area contributed by atoms with Crippen molar-refractivity contribution in [3.63, 3.8) is 0 Å². The third-order valence-electron chi connectivity index (χ3n) is 3.04. The van der Waals surface area contributed by atoms with Crippen molar-refractivity contribution >= 4 is 5.91 Å². The minimum atomic E-state index is -4.42. The van der Waals surface area contributed by atoms with Gasteiger partial charge in [-0.05, 0) is 25.8 Å². The standard InChI is InChI=1S/C11H19F3N2O/c12-11(13,14)8-10(17)16(7-3-6-15)9-4-1-2-5-9/h9H,1-8,15H2. The van der Waals surface area contributed by atoms with Crippen molar-refractivity contribution in [2.45, 2.75) is 50.7 Å². The van der Waals surface area contributed by atoms with Crippen molar-refractivity contribution in [1.29, 1.82) is 0 Å². The van der Waals surface area contributed by atoms with E-state index >= 15 is 0 Å². The second-order valence-corrected chi connectivity index (χ2v) is 4.46. The summed E-state index contributed by atoms with van der Waals surface area (Å²) in [5.41, 5.74) is 5.34. The van der Waals surface area contributed by atoms with Gasteiger partial charge in [0.15, 0.2) is 0 Å². The molecule has 0 atom stereocenters. The number of hydrogen-bond acceptors (Lipinski definition) is 2. The lowest BCUT2D eigenvalue weighted by Gasteiger charge is -2.29. The molecular formula is C11H19F3N2O. The maximum Gasteiger partial charge on any atom is 0.397 e. The molecule has 1 amide bonds. The first-order valence-electron chi connectivity index (χ1n) is 6.00. The summed E-state index contributed by atoms with van der Waals surface area (Å²) >= 11 is 0. The van der Waals surface area contributed by atoms with E-state index < -0.39 is 18.5 Å². The van der Waals surface area contributed by atoms with Gasteiger partial charge in [0.1, 0.15) is 6.42 Å². The Balaban J connectivity index is 2.57. The fourth-order valence-electron chi connectivity index (χ4n) is 2.26. The van der Waals surface area contributed by atoms with Crippen LogP contribution in [0, 0.1) is 0 Å². The Hall–Kier alpha value is -0.780. The minimum absolute atomic E-state index is 0.0172. The molecule has 6 heteroatoms. The maximum atomic E-state index is 12.2. The molecule has 3 nitrogen and oxygen atoms in total. The summed E-state index contributed by atoms with van der Waals surface area (Å²) in [7, 11) is 0. The highest BCUT2D eigenvalue weighted by atomic mass is 19.4. The number of carbonyl (C=O) groups excluding carboxylic acids is 1. The molecule has 1 aliphatic rings. The van der Waals surface area contributed by atoms with Gasteiger partial charge in [0.05, 0.1) is 0 Å². The average Bonchev–Trinajstić information content (AvgIpc) is 2.68. The molecule has 0 bridgehead atoms. The van der Waals surface area contributed by atoms with Crippen LogP contribution in [0.3, 0.4) is 0 Å². The summed E-state index contributed by atoms with van der Waals surface area (Å²) in [4.78, 5) is 13.0. The van der Waals surface area contributed by atoms with E-state index in [4.69, 9.17) is 5.73 Å². The molecule has 0 aromatic rings. The Kier molecular flexibility index (Phi) is 5.24. The number of amides is 1. The fraction of sp³-hybridized carbons (Fsp3) is 0.909. The summed E-state index contributed by atoms with van der Waals surface area (Å²) in [6, 6.07) is -0.0172. The third-order valence-corrected chi connectivity index (χ3v) is 3.04. The zero-order chi connectivity index (χ0) is 12.9. The van der Waals surface area contributed by atoms with Gasteiger partial charge in [0.25, 0.3) is 0 Å².